The number of carbonyl (C=O) groups is 1. The zero-order chi connectivity index (χ0) is 17.5. The second-order valence-electron chi connectivity index (χ2n) is 5.58. The standard InChI is InChI=1S/C19H19N3OS2/c1-14(16-10-6-3-7-11-16)24-19-22-21-18(25-19)20-17(23)13-12-15-8-4-2-5-9-15/h2-11,14H,12-13H2,1H3,(H,20,21,23)/t14-/m1/s1. The van der Waals surface area contributed by atoms with Gasteiger partial charge < -0.3 is 5.32 Å². The molecule has 0 spiro atoms. The van der Waals surface area contributed by atoms with E-state index >= 15 is 0 Å². The van der Waals surface area contributed by atoms with Crippen LogP contribution in [-0.4, -0.2) is 16.1 Å². The maximum Gasteiger partial charge on any atom is 0.226 e. The number of aryl methyl sites for hydroxylation is 1. The van der Waals surface area contributed by atoms with E-state index in [-0.39, 0.29) is 11.2 Å². The fourth-order valence-corrected chi connectivity index (χ4v) is 4.38. The van der Waals surface area contributed by atoms with Crippen LogP contribution in [0.1, 0.15) is 29.7 Å². The van der Waals surface area contributed by atoms with Crippen molar-refractivity contribution in [3.8, 4) is 0 Å². The number of amides is 1. The van der Waals surface area contributed by atoms with Gasteiger partial charge in [0.05, 0.1) is 0 Å². The summed E-state index contributed by atoms with van der Waals surface area (Å²) in [6.45, 7) is 2.14. The van der Waals surface area contributed by atoms with Crippen LogP contribution in [0.5, 0.6) is 0 Å². The van der Waals surface area contributed by atoms with Gasteiger partial charge in [0.2, 0.25) is 11.0 Å². The lowest BCUT2D eigenvalue weighted by molar-refractivity contribution is -0.116. The molecular formula is C19H19N3OS2. The Bertz CT molecular complexity index is 806. The predicted molar refractivity (Wildman–Crippen MR) is 104 cm³/mol. The Labute approximate surface area is 155 Å². The van der Waals surface area contributed by atoms with E-state index in [0.717, 1.165) is 16.3 Å². The maximum absolute atomic E-state index is 12.1. The molecule has 0 fully saturated rings. The van der Waals surface area contributed by atoms with Crippen LogP contribution in [0.15, 0.2) is 65.0 Å². The summed E-state index contributed by atoms with van der Waals surface area (Å²) in [6.07, 6.45) is 1.16. The fraction of sp³-hybridized carbons (Fsp3) is 0.211. The summed E-state index contributed by atoms with van der Waals surface area (Å²) in [5.41, 5.74) is 2.40. The van der Waals surface area contributed by atoms with Crippen molar-refractivity contribution in [3.05, 3.63) is 71.8 Å². The summed E-state index contributed by atoms with van der Waals surface area (Å²) in [6, 6.07) is 20.3. The fourth-order valence-electron chi connectivity index (χ4n) is 2.34. The molecular weight excluding hydrogens is 350 g/mol. The van der Waals surface area contributed by atoms with E-state index in [1.54, 1.807) is 11.8 Å². The average molecular weight is 370 g/mol. The van der Waals surface area contributed by atoms with E-state index in [1.807, 2.05) is 48.5 Å². The minimum atomic E-state index is -0.0346. The molecule has 0 bridgehead atoms. The second kappa shape index (κ2) is 8.78. The number of rotatable bonds is 7. The van der Waals surface area contributed by atoms with E-state index in [0.29, 0.717) is 11.6 Å². The SMILES string of the molecule is C[C@@H](Sc1nnc(NC(=O)CCc2ccccc2)s1)c1ccccc1. The van der Waals surface area contributed by atoms with Gasteiger partial charge in [-0.15, -0.1) is 10.2 Å². The first-order valence-corrected chi connectivity index (χ1v) is 9.79. The normalized spacial score (nSPS) is 11.9. The van der Waals surface area contributed by atoms with Crippen LogP contribution in [0.3, 0.4) is 0 Å². The smallest absolute Gasteiger partial charge is 0.226 e. The van der Waals surface area contributed by atoms with Gasteiger partial charge in [0.15, 0.2) is 4.34 Å². The Hall–Kier alpha value is -2.18. The van der Waals surface area contributed by atoms with E-state index in [9.17, 15) is 4.79 Å². The highest BCUT2D eigenvalue weighted by Crippen LogP contribution is 2.37. The van der Waals surface area contributed by atoms with Gasteiger partial charge in [-0.3, -0.25) is 4.79 Å². The third kappa shape index (κ3) is 5.41. The van der Waals surface area contributed by atoms with Crippen LogP contribution in [0.2, 0.25) is 0 Å². The zero-order valence-electron chi connectivity index (χ0n) is 13.9. The monoisotopic (exact) mass is 369 g/mol. The first kappa shape index (κ1) is 17.6. The number of nitrogens with zero attached hydrogens (tertiary/aromatic N) is 2. The Morgan fingerprint density at radius 3 is 2.48 bits per heavy atom. The van der Waals surface area contributed by atoms with Crippen LogP contribution in [0.25, 0.3) is 0 Å². The summed E-state index contributed by atoms with van der Waals surface area (Å²) < 4.78 is 0.856. The molecule has 0 unspecified atom stereocenters. The highest BCUT2D eigenvalue weighted by Gasteiger charge is 2.13. The van der Waals surface area contributed by atoms with Crippen molar-refractivity contribution in [1.29, 1.82) is 0 Å². The van der Waals surface area contributed by atoms with Crippen molar-refractivity contribution < 1.29 is 4.79 Å². The summed E-state index contributed by atoms with van der Waals surface area (Å²) in [5, 5.41) is 11.9. The Morgan fingerprint density at radius 2 is 1.76 bits per heavy atom. The van der Waals surface area contributed by atoms with Crippen LogP contribution in [0, 0.1) is 0 Å². The minimum Gasteiger partial charge on any atom is -0.300 e. The highest BCUT2D eigenvalue weighted by atomic mass is 32.2. The van der Waals surface area contributed by atoms with E-state index in [4.69, 9.17) is 0 Å². The zero-order valence-corrected chi connectivity index (χ0v) is 15.5. The van der Waals surface area contributed by atoms with Crippen molar-refractivity contribution in [3.63, 3.8) is 0 Å². The van der Waals surface area contributed by atoms with Gasteiger partial charge in [0, 0.05) is 11.7 Å². The molecule has 4 nitrogen and oxygen atoms in total. The molecule has 1 amide bonds. The predicted octanol–water partition coefficient (Wildman–Crippen LogP) is 4.96. The molecule has 6 heteroatoms. The number of anilines is 1. The molecule has 0 aliphatic carbocycles. The van der Waals surface area contributed by atoms with Crippen LogP contribution < -0.4 is 5.32 Å². The molecule has 0 saturated carbocycles. The molecule has 1 heterocycles. The maximum atomic E-state index is 12.1. The highest BCUT2D eigenvalue weighted by molar-refractivity contribution is 8.01. The largest absolute Gasteiger partial charge is 0.300 e. The molecule has 25 heavy (non-hydrogen) atoms. The van der Waals surface area contributed by atoms with Gasteiger partial charge >= 0.3 is 0 Å². The lowest BCUT2D eigenvalue weighted by atomic mass is 10.1. The number of aromatic nitrogens is 2. The Kier molecular flexibility index (Phi) is 6.19. The molecule has 3 aromatic rings. The van der Waals surface area contributed by atoms with Crippen molar-refractivity contribution in [2.75, 3.05) is 5.32 Å². The van der Waals surface area contributed by atoms with E-state index in [2.05, 4.69) is 34.6 Å². The quantitative estimate of drug-likeness (QED) is 0.472. The summed E-state index contributed by atoms with van der Waals surface area (Å²) >= 11 is 3.06. The molecule has 2 aromatic carbocycles. The lowest BCUT2D eigenvalue weighted by Crippen LogP contribution is -2.12. The molecule has 0 aliphatic rings. The molecule has 128 valence electrons. The second-order valence-corrected chi connectivity index (χ2v) is 8.14. The molecule has 0 radical (unpaired) electrons. The van der Waals surface area contributed by atoms with Gasteiger partial charge in [-0.25, -0.2) is 0 Å². The number of hydrogen-bond donors (Lipinski definition) is 1. The van der Waals surface area contributed by atoms with Crippen molar-refractivity contribution in [1.82, 2.24) is 10.2 Å². The van der Waals surface area contributed by atoms with E-state index in [1.165, 1.54) is 16.9 Å². The first-order chi connectivity index (χ1) is 12.2. The number of nitrogens with one attached hydrogen (secondary N) is 1. The third-order valence-corrected chi connectivity index (χ3v) is 5.76. The van der Waals surface area contributed by atoms with Gasteiger partial charge in [0.1, 0.15) is 0 Å². The molecule has 3 rings (SSSR count). The van der Waals surface area contributed by atoms with Crippen LogP contribution in [-0.2, 0) is 11.2 Å². The lowest BCUT2D eigenvalue weighted by Gasteiger charge is -2.08. The van der Waals surface area contributed by atoms with Crippen molar-refractivity contribution >= 4 is 34.1 Å². The molecule has 1 aromatic heterocycles. The van der Waals surface area contributed by atoms with E-state index < -0.39 is 0 Å². The number of hydrogen-bond acceptors (Lipinski definition) is 5. The van der Waals surface area contributed by atoms with Gasteiger partial charge in [-0.1, -0.05) is 83.8 Å². The van der Waals surface area contributed by atoms with Crippen LogP contribution >= 0.6 is 23.1 Å². The topological polar surface area (TPSA) is 54.9 Å². The molecule has 1 atom stereocenters. The molecule has 1 N–H and O–H groups in total. The summed E-state index contributed by atoms with van der Waals surface area (Å²) in [7, 11) is 0. The van der Waals surface area contributed by atoms with Gasteiger partial charge in [0.25, 0.3) is 0 Å². The minimum absolute atomic E-state index is 0.0346. The first-order valence-electron chi connectivity index (χ1n) is 8.09. The van der Waals surface area contributed by atoms with Gasteiger partial charge in [-0.05, 0) is 24.5 Å². The number of carbonyl (C=O) groups excluding carboxylic acids is 1. The van der Waals surface area contributed by atoms with Crippen molar-refractivity contribution in [2.24, 2.45) is 0 Å². The third-order valence-electron chi connectivity index (χ3n) is 3.68. The Morgan fingerprint density at radius 1 is 1.08 bits per heavy atom. The summed E-state index contributed by atoms with van der Waals surface area (Å²) in [5.74, 6) is -0.0346. The van der Waals surface area contributed by atoms with Crippen molar-refractivity contribution in [2.45, 2.75) is 29.4 Å². The average Bonchev–Trinajstić information content (AvgIpc) is 3.08. The summed E-state index contributed by atoms with van der Waals surface area (Å²) in [4.78, 5) is 12.1. The Balaban J connectivity index is 1.50. The molecule has 0 aliphatic heterocycles. The molecule has 0 saturated heterocycles. The number of thioether (sulfide) groups is 1. The number of benzene rings is 2. The van der Waals surface area contributed by atoms with Gasteiger partial charge in [-0.2, -0.15) is 0 Å². The van der Waals surface area contributed by atoms with Crippen LogP contribution in [0.4, 0.5) is 5.13 Å².